The first-order chi connectivity index (χ1) is 8.55. The molecule has 0 fully saturated rings. The summed E-state index contributed by atoms with van der Waals surface area (Å²) in [6.45, 7) is 9.21. The molecule has 2 heterocycles. The molecule has 0 bridgehead atoms. The lowest BCUT2D eigenvalue weighted by molar-refractivity contribution is 0.547. The van der Waals surface area contributed by atoms with Crippen LogP contribution in [0.25, 0.3) is 0 Å². The lowest BCUT2D eigenvalue weighted by Gasteiger charge is -2.14. The van der Waals surface area contributed by atoms with Crippen molar-refractivity contribution >= 4 is 11.3 Å². The van der Waals surface area contributed by atoms with Gasteiger partial charge in [-0.1, -0.05) is 20.8 Å². The van der Waals surface area contributed by atoms with Gasteiger partial charge in [0.15, 0.2) is 0 Å². The number of aromatic nitrogens is 3. The first-order valence-electron chi connectivity index (χ1n) is 6.19. The van der Waals surface area contributed by atoms with Crippen LogP contribution in [0, 0.1) is 0 Å². The Hall–Kier alpha value is -1.20. The van der Waals surface area contributed by atoms with Crippen molar-refractivity contribution in [3.05, 3.63) is 34.5 Å². The van der Waals surface area contributed by atoms with Crippen molar-refractivity contribution in [1.29, 1.82) is 0 Å². The molecule has 0 atom stereocenters. The zero-order valence-electron chi connectivity index (χ0n) is 11.2. The number of nitrogens with zero attached hydrogens (tertiary/aromatic N) is 3. The van der Waals surface area contributed by atoms with Crippen molar-refractivity contribution in [1.82, 2.24) is 20.1 Å². The van der Waals surface area contributed by atoms with Gasteiger partial charge < -0.3 is 5.32 Å². The molecule has 2 rings (SSSR count). The van der Waals surface area contributed by atoms with E-state index in [1.165, 1.54) is 5.69 Å². The maximum absolute atomic E-state index is 4.65. The largest absolute Gasteiger partial charge is 0.309 e. The molecule has 4 nitrogen and oxygen atoms in total. The van der Waals surface area contributed by atoms with Crippen molar-refractivity contribution < 1.29 is 0 Å². The predicted molar refractivity (Wildman–Crippen MR) is 74.7 cm³/mol. The highest BCUT2D eigenvalue weighted by Gasteiger charge is 2.16. The summed E-state index contributed by atoms with van der Waals surface area (Å²) >= 11 is 1.73. The first kappa shape index (κ1) is 13.2. The van der Waals surface area contributed by atoms with Gasteiger partial charge in [0, 0.05) is 36.3 Å². The van der Waals surface area contributed by atoms with E-state index in [4.69, 9.17) is 0 Å². The summed E-state index contributed by atoms with van der Waals surface area (Å²) in [5.74, 6) is 0. The van der Waals surface area contributed by atoms with Crippen LogP contribution in [-0.2, 0) is 18.5 Å². The van der Waals surface area contributed by atoms with E-state index in [0.29, 0.717) is 0 Å². The number of hydrogen-bond acceptors (Lipinski definition) is 4. The normalized spacial score (nSPS) is 11.9. The molecule has 0 spiro atoms. The van der Waals surface area contributed by atoms with Crippen LogP contribution in [0.1, 0.15) is 31.5 Å². The fourth-order valence-corrected chi connectivity index (χ4v) is 2.55. The van der Waals surface area contributed by atoms with Crippen LogP contribution in [0.4, 0.5) is 0 Å². The van der Waals surface area contributed by atoms with Gasteiger partial charge >= 0.3 is 0 Å². The summed E-state index contributed by atoms with van der Waals surface area (Å²) in [5.41, 5.74) is 1.32. The lowest BCUT2D eigenvalue weighted by Crippen LogP contribution is -2.20. The van der Waals surface area contributed by atoms with Gasteiger partial charge in [-0.3, -0.25) is 4.68 Å². The Kier molecular flexibility index (Phi) is 4.14. The smallest absolute Gasteiger partial charge is 0.107 e. The van der Waals surface area contributed by atoms with E-state index >= 15 is 0 Å². The molecule has 0 aliphatic carbocycles. The quantitative estimate of drug-likeness (QED) is 0.843. The molecule has 2 aromatic rings. The SMILES string of the molecule is CC(C)(C)c1csc(CNCCn2cccn2)n1. The fourth-order valence-electron chi connectivity index (χ4n) is 1.56. The molecule has 18 heavy (non-hydrogen) atoms. The third kappa shape index (κ3) is 3.65. The molecular weight excluding hydrogens is 244 g/mol. The van der Waals surface area contributed by atoms with E-state index in [2.05, 4.69) is 41.6 Å². The van der Waals surface area contributed by atoms with Crippen LogP contribution in [0.15, 0.2) is 23.8 Å². The minimum absolute atomic E-state index is 0.143. The molecular formula is C13H20N4S. The number of thiazole rings is 1. The van der Waals surface area contributed by atoms with Crippen molar-refractivity contribution in [2.75, 3.05) is 6.54 Å². The Bertz CT molecular complexity index is 467. The summed E-state index contributed by atoms with van der Waals surface area (Å²) in [4.78, 5) is 4.65. The Morgan fingerprint density at radius 2 is 2.22 bits per heavy atom. The van der Waals surface area contributed by atoms with Crippen LogP contribution >= 0.6 is 11.3 Å². The van der Waals surface area contributed by atoms with Crippen molar-refractivity contribution in [2.24, 2.45) is 0 Å². The second-order valence-electron chi connectivity index (χ2n) is 5.32. The molecule has 0 saturated carbocycles. The summed E-state index contributed by atoms with van der Waals surface area (Å²) in [7, 11) is 0. The van der Waals surface area contributed by atoms with Crippen LogP contribution in [0.5, 0.6) is 0 Å². The summed E-state index contributed by atoms with van der Waals surface area (Å²) in [6.07, 6.45) is 3.78. The average molecular weight is 264 g/mol. The Balaban J connectivity index is 1.75. The van der Waals surface area contributed by atoms with Crippen LogP contribution in [0.3, 0.4) is 0 Å². The van der Waals surface area contributed by atoms with Gasteiger partial charge in [-0.2, -0.15) is 5.10 Å². The van der Waals surface area contributed by atoms with Crippen LogP contribution in [-0.4, -0.2) is 21.3 Å². The third-order valence-electron chi connectivity index (χ3n) is 2.67. The maximum atomic E-state index is 4.65. The number of rotatable bonds is 5. The maximum Gasteiger partial charge on any atom is 0.107 e. The molecule has 0 aliphatic rings. The highest BCUT2D eigenvalue weighted by atomic mass is 32.1. The highest BCUT2D eigenvalue weighted by Crippen LogP contribution is 2.23. The van der Waals surface area contributed by atoms with Gasteiger partial charge in [0.1, 0.15) is 5.01 Å². The summed E-state index contributed by atoms with van der Waals surface area (Å²) < 4.78 is 1.93. The molecule has 0 radical (unpaired) electrons. The van der Waals surface area contributed by atoms with E-state index < -0.39 is 0 Å². The summed E-state index contributed by atoms with van der Waals surface area (Å²) in [5, 5.41) is 10.9. The van der Waals surface area contributed by atoms with Gasteiger partial charge in [-0.05, 0) is 6.07 Å². The van der Waals surface area contributed by atoms with Crippen molar-refractivity contribution in [3.63, 3.8) is 0 Å². The van der Waals surface area contributed by atoms with E-state index in [9.17, 15) is 0 Å². The molecule has 0 aliphatic heterocycles. The average Bonchev–Trinajstić information content (AvgIpc) is 2.95. The molecule has 0 amide bonds. The monoisotopic (exact) mass is 264 g/mol. The van der Waals surface area contributed by atoms with E-state index in [1.54, 1.807) is 17.5 Å². The van der Waals surface area contributed by atoms with Crippen molar-refractivity contribution in [3.8, 4) is 0 Å². The molecule has 0 aromatic carbocycles. The Morgan fingerprint density at radius 3 is 2.83 bits per heavy atom. The van der Waals surface area contributed by atoms with Gasteiger partial charge in [-0.25, -0.2) is 4.98 Å². The fraction of sp³-hybridized carbons (Fsp3) is 0.538. The predicted octanol–water partition coefficient (Wildman–Crippen LogP) is 2.43. The number of hydrogen-bond donors (Lipinski definition) is 1. The van der Waals surface area contributed by atoms with Gasteiger partial charge in [0.05, 0.1) is 12.2 Å². The first-order valence-corrected chi connectivity index (χ1v) is 7.07. The van der Waals surface area contributed by atoms with E-state index in [0.717, 1.165) is 24.6 Å². The highest BCUT2D eigenvalue weighted by molar-refractivity contribution is 7.09. The second kappa shape index (κ2) is 5.63. The standard InChI is InChI=1S/C13H20N4S/c1-13(2,3)11-10-18-12(16-11)9-14-6-8-17-7-4-5-15-17/h4-5,7,10,14H,6,8-9H2,1-3H3. The topological polar surface area (TPSA) is 42.7 Å². The summed E-state index contributed by atoms with van der Waals surface area (Å²) in [6, 6.07) is 1.94. The molecule has 5 heteroatoms. The molecule has 0 saturated heterocycles. The third-order valence-corrected chi connectivity index (χ3v) is 3.52. The van der Waals surface area contributed by atoms with Crippen LogP contribution < -0.4 is 5.32 Å². The van der Waals surface area contributed by atoms with E-state index in [-0.39, 0.29) is 5.41 Å². The minimum atomic E-state index is 0.143. The van der Waals surface area contributed by atoms with Gasteiger partial charge in [-0.15, -0.1) is 11.3 Å². The lowest BCUT2D eigenvalue weighted by atomic mass is 9.93. The molecule has 0 unspecified atom stereocenters. The van der Waals surface area contributed by atoms with Crippen molar-refractivity contribution in [2.45, 2.75) is 39.3 Å². The molecule has 1 N–H and O–H groups in total. The van der Waals surface area contributed by atoms with Gasteiger partial charge in [0.2, 0.25) is 0 Å². The zero-order valence-corrected chi connectivity index (χ0v) is 12.0. The van der Waals surface area contributed by atoms with Gasteiger partial charge in [0.25, 0.3) is 0 Å². The van der Waals surface area contributed by atoms with Crippen LogP contribution in [0.2, 0.25) is 0 Å². The molecule has 2 aromatic heterocycles. The number of nitrogens with one attached hydrogen (secondary N) is 1. The Labute approximate surface area is 112 Å². The second-order valence-corrected chi connectivity index (χ2v) is 6.27. The van der Waals surface area contributed by atoms with E-state index in [1.807, 2.05) is 16.9 Å². The Morgan fingerprint density at radius 1 is 1.39 bits per heavy atom. The zero-order chi connectivity index (χ0) is 13.0. The minimum Gasteiger partial charge on any atom is -0.309 e. The molecule has 98 valence electrons.